The zero-order chi connectivity index (χ0) is 13.7. The summed E-state index contributed by atoms with van der Waals surface area (Å²) >= 11 is 0. The Bertz CT molecular complexity index is 490. The first-order valence-electron chi connectivity index (χ1n) is 6.37. The standard InChI is InChI=1S/C13H16N4O2/c14-5-11-7-15-8-17-12(11)16-6-9-1-3-10(4-2-9)13(18)19/h7-10H,1-4,6H2,(H,18,19)(H,15,16,17). The molecule has 0 bridgehead atoms. The number of carboxylic acid groups (broad SMARTS) is 1. The minimum atomic E-state index is -0.686. The number of hydrogen-bond acceptors (Lipinski definition) is 5. The highest BCUT2D eigenvalue weighted by atomic mass is 16.4. The molecule has 1 aromatic rings. The summed E-state index contributed by atoms with van der Waals surface area (Å²) in [4.78, 5) is 18.7. The van der Waals surface area contributed by atoms with Crippen LogP contribution in [-0.4, -0.2) is 27.6 Å². The summed E-state index contributed by atoms with van der Waals surface area (Å²) in [5.74, 6) is 0.119. The summed E-state index contributed by atoms with van der Waals surface area (Å²) in [6.45, 7) is 0.720. The Labute approximate surface area is 111 Å². The average Bonchev–Trinajstić information content (AvgIpc) is 2.45. The molecule has 6 heteroatoms. The Hall–Kier alpha value is -2.16. The van der Waals surface area contributed by atoms with Crippen molar-refractivity contribution < 1.29 is 9.90 Å². The van der Waals surface area contributed by atoms with Crippen LogP contribution in [0.2, 0.25) is 0 Å². The van der Waals surface area contributed by atoms with Crippen molar-refractivity contribution in [3.63, 3.8) is 0 Å². The smallest absolute Gasteiger partial charge is 0.306 e. The van der Waals surface area contributed by atoms with Crippen LogP contribution in [0.25, 0.3) is 0 Å². The lowest BCUT2D eigenvalue weighted by atomic mass is 9.82. The van der Waals surface area contributed by atoms with Gasteiger partial charge in [-0.2, -0.15) is 5.26 Å². The van der Waals surface area contributed by atoms with Crippen molar-refractivity contribution in [3.05, 3.63) is 18.1 Å². The van der Waals surface area contributed by atoms with E-state index in [1.807, 2.05) is 6.07 Å². The Kier molecular flexibility index (Phi) is 4.29. The molecule has 0 saturated heterocycles. The molecule has 1 fully saturated rings. The van der Waals surface area contributed by atoms with Crippen LogP contribution in [-0.2, 0) is 4.79 Å². The van der Waals surface area contributed by atoms with E-state index < -0.39 is 5.97 Å². The lowest BCUT2D eigenvalue weighted by Crippen LogP contribution is -2.25. The molecule has 0 amide bonds. The molecule has 2 N–H and O–H groups in total. The van der Waals surface area contributed by atoms with Crippen LogP contribution in [0.4, 0.5) is 5.82 Å². The van der Waals surface area contributed by atoms with Gasteiger partial charge in [-0.25, -0.2) is 9.97 Å². The Morgan fingerprint density at radius 2 is 2.21 bits per heavy atom. The van der Waals surface area contributed by atoms with Crippen LogP contribution in [0.3, 0.4) is 0 Å². The molecule has 0 spiro atoms. The van der Waals surface area contributed by atoms with E-state index >= 15 is 0 Å². The monoisotopic (exact) mass is 260 g/mol. The third-order valence-electron chi connectivity index (χ3n) is 3.59. The first-order valence-corrected chi connectivity index (χ1v) is 6.37. The number of nitrogens with one attached hydrogen (secondary N) is 1. The summed E-state index contributed by atoms with van der Waals surface area (Å²) in [5, 5.41) is 21.0. The fraction of sp³-hybridized carbons (Fsp3) is 0.538. The molecule has 6 nitrogen and oxygen atoms in total. The Morgan fingerprint density at radius 3 is 2.84 bits per heavy atom. The van der Waals surface area contributed by atoms with Gasteiger partial charge in [0.25, 0.3) is 0 Å². The Morgan fingerprint density at radius 1 is 1.47 bits per heavy atom. The number of anilines is 1. The van der Waals surface area contributed by atoms with Gasteiger partial charge in [0, 0.05) is 6.54 Å². The van der Waals surface area contributed by atoms with Gasteiger partial charge in [0.05, 0.1) is 12.1 Å². The van der Waals surface area contributed by atoms with Gasteiger partial charge in [-0.05, 0) is 31.6 Å². The van der Waals surface area contributed by atoms with E-state index in [-0.39, 0.29) is 5.92 Å². The van der Waals surface area contributed by atoms with E-state index in [1.165, 1.54) is 12.5 Å². The van der Waals surface area contributed by atoms with Crippen molar-refractivity contribution in [3.8, 4) is 6.07 Å². The van der Waals surface area contributed by atoms with Gasteiger partial charge in [-0.15, -0.1) is 0 Å². The second kappa shape index (κ2) is 6.14. The van der Waals surface area contributed by atoms with Gasteiger partial charge in [-0.1, -0.05) is 0 Å². The summed E-state index contributed by atoms with van der Waals surface area (Å²) < 4.78 is 0. The van der Waals surface area contributed by atoms with Crippen LogP contribution in [0.1, 0.15) is 31.2 Å². The third kappa shape index (κ3) is 3.41. The maximum Gasteiger partial charge on any atom is 0.306 e. The lowest BCUT2D eigenvalue weighted by molar-refractivity contribution is -0.143. The first kappa shape index (κ1) is 13.3. The number of carboxylic acids is 1. The van der Waals surface area contributed by atoms with Crippen LogP contribution in [0, 0.1) is 23.2 Å². The number of hydrogen-bond donors (Lipinski definition) is 2. The highest BCUT2D eigenvalue weighted by Crippen LogP contribution is 2.29. The molecule has 0 radical (unpaired) electrons. The van der Waals surface area contributed by atoms with Crippen molar-refractivity contribution in [2.24, 2.45) is 11.8 Å². The molecule has 1 saturated carbocycles. The van der Waals surface area contributed by atoms with Crippen molar-refractivity contribution in [2.75, 3.05) is 11.9 Å². The van der Waals surface area contributed by atoms with E-state index in [4.69, 9.17) is 10.4 Å². The van der Waals surface area contributed by atoms with Crippen LogP contribution < -0.4 is 5.32 Å². The summed E-state index contributed by atoms with van der Waals surface area (Å²) in [5.41, 5.74) is 0.432. The minimum Gasteiger partial charge on any atom is -0.481 e. The molecule has 19 heavy (non-hydrogen) atoms. The predicted octanol–water partition coefficient (Wildman–Crippen LogP) is 1.65. The molecular weight excluding hydrogens is 244 g/mol. The zero-order valence-electron chi connectivity index (χ0n) is 10.5. The maximum absolute atomic E-state index is 10.9. The van der Waals surface area contributed by atoms with Crippen LogP contribution in [0.15, 0.2) is 12.5 Å². The van der Waals surface area contributed by atoms with E-state index in [0.29, 0.717) is 17.3 Å². The molecule has 1 aromatic heterocycles. The fourth-order valence-electron chi connectivity index (χ4n) is 2.41. The molecule has 0 unspecified atom stereocenters. The van der Waals surface area contributed by atoms with Crippen LogP contribution >= 0.6 is 0 Å². The molecular formula is C13H16N4O2. The van der Waals surface area contributed by atoms with Crippen molar-refractivity contribution in [1.29, 1.82) is 5.26 Å². The normalized spacial score (nSPS) is 22.5. The van der Waals surface area contributed by atoms with Gasteiger partial charge in [0.15, 0.2) is 0 Å². The SMILES string of the molecule is N#Cc1cncnc1NCC1CCC(C(=O)O)CC1. The molecule has 1 aliphatic carbocycles. The second-order valence-electron chi connectivity index (χ2n) is 4.83. The summed E-state index contributed by atoms with van der Waals surface area (Å²) in [6.07, 6.45) is 6.15. The third-order valence-corrected chi connectivity index (χ3v) is 3.59. The van der Waals surface area contributed by atoms with Crippen LogP contribution in [0.5, 0.6) is 0 Å². The lowest BCUT2D eigenvalue weighted by Gasteiger charge is -2.26. The molecule has 0 atom stereocenters. The number of nitriles is 1. The number of carbonyl (C=O) groups is 1. The van der Waals surface area contributed by atoms with E-state index in [2.05, 4.69) is 15.3 Å². The summed E-state index contributed by atoms with van der Waals surface area (Å²) in [6, 6.07) is 2.04. The number of aromatic nitrogens is 2. The Balaban J connectivity index is 1.84. The van der Waals surface area contributed by atoms with E-state index in [0.717, 1.165) is 32.2 Å². The molecule has 0 aromatic carbocycles. The number of aliphatic carboxylic acids is 1. The van der Waals surface area contributed by atoms with E-state index in [9.17, 15) is 4.79 Å². The van der Waals surface area contributed by atoms with Gasteiger partial charge < -0.3 is 10.4 Å². The highest BCUT2D eigenvalue weighted by molar-refractivity contribution is 5.70. The number of rotatable bonds is 4. The molecule has 1 aliphatic rings. The second-order valence-corrected chi connectivity index (χ2v) is 4.83. The summed E-state index contributed by atoms with van der Waals surface area (Å²) in [7, 11) is 0. The maximum atomic E-state index is 10.9. The first-order chi connectivity index (χ1) is 9.20. The van der Waals surface area contributed by atoms with Gasteiger partial charge >= 0.3 is 5.97 Å². The largest absolute Gasteiger partial charge is 0.481 e. The van der Waals surface area contributed by atoms with Crippen molar-refractivity contribution >= 4 is 11.8 Å². The highest BCUT2D eigenvalue weighted by Gasteiger charge is 2.25. The van der Waals surface area contributed by atoms with Gasteiger partial charge in [0.1, 0.15) is 23.8 Å². The predicted molar refractivity (Wildman–Crippen MR) is 68.3 cm³/mol. The molecule has 1 heterocycles. The molecule has 0 aliphatic heterocycles. The quantitative estimate of drug-likeness (QED) is 0.854. The topological polar surface area (TPSA) is 98.9 Å². The molecule has 100 valence electrons. The molecule has 2 rings (SSSR count). The van der Waals surface area contributed by atoms with Gasteiger partial charge in [0.2, 0.25) is 0 Å². The zero-order valence-corrected chi connectivity index (χ0v) is 10.5. The van der Waals surface area contributed by atoms with Crippen molar-refractivity contribution in [1.82, 2.24) is 9.97 Å². The number of nitrogens with zero attached hydrogens (tertiary/aromatic N) is 3. The van der Waals surface area contributed by atoms with E-state index in [1.54, 1.807) is 0 Å². The average molecular weight is 260 g/mol. The van der Waals surface area contributed by atoms with Gasteiger partial charge in [-0.3, -0.25) is 4.79 Å². The fourth-order valence-corrected chi connectivity index (χ4v) is 2.41. The minimum absolute atomic E-state index is 0.190. The van der Waals surface area contributed by atoms with Crippen molar-refractivity contribution in [2.45, 2.75) is 25.7 Å².